The van der Waals surface area contributed by atoms with Crippen LogP contribution in [0.5, 0.6) is 0 Å². The van der Waals surface area contributed by atoms with Gasteiger partial charge in [0.2, 0.25) is 0 Å². The molecule has 0 spiro atoms. The molecular weight excluding hydrogens is 484 g/mol. The summed E-state index contributed by atoms with van der Waals surface area (Å²) in [4.78, 5) is 27.9. The number of hydrogen-bond acceptors (Lipinski definition) is 6. The van der Waals surface area contributed by atoms with Crippen LogP contribution in [-0.4, -0.2) is 79.5 Å². The zero-order chi connectivity index (χ0) is 28.5. The number of amides is 1. The highest BCUT2D eigenvalue weighted by atomic mass is 16.2. The van der Waals surface area contributed by atoms with Crippen molar-refractivity contribution in [2.45, 2.75) is 34.6 Å². The van der Waals surface area contributed by atoms with Crippen molar-refractivity contribution in [3.05, 3.63) is 76.7 Å². The van der Waals surface area contributed by atoms with Crippen molar-refractivity contribution in [1.29, 1.82) is 0 Å². The van der Waals surface area contributed by atoms with Gasteiger partial charge in [0, 0.05) is 94.3 Å². The highest BCUT2D eigenvalue weighted by molar-refractivity contribution is 5.94. The number of pyridine rings is 2. The number of benzene rings is 1. The van der Waals surface area contributed by atoms with E-state index in [4.69, 9.17) is 0 Å². The number of rotatable bonds is 7. The summed E-state index contributed by atoms with van der Waals surface area (Å²) >= 11 is 0. The lowest BCUT2D eigenvalue weighted by atomic mass is 9.98. The first-order chi connectivity index (χ1) is 18.8. The number of aromatic nitrogens is 2. The molecular formula is C32H44N6O. The van der Waals surface area contributed by atoms with E-state index in [1.165, 1.54) is 11.3 Å². The largest absolute Gasteiger partial charge is 0.373 e. The Hall–Kier alpha value is -3.71. The van der Waals surface area contributed by atoms with Gasteiger partial charge < -0.3 is 15.1 Å². The summed E-state index contributed by atoms with van der Waals surface area (Å²) in [6.45, 7) is 15.2. The minimum Gasteiger partial charge on any atom is -0.373 e. The van der Waals surface area contributed by atoms with Crippen LogP contribution >= 0.6 is 0 Å². The van der Waals surface area contributed by atoms with Crippen LogP contribution in [0.15, 0.2) is 54.4 Å². The van der Waals surface area contributed by atoms with Crippen LogP contribution in [0.1, 0.15) is 48.0 Å². The molecule has 0 aliphatic carbocycles. The molecule has 3 aromatic rings. The summed E-state index contributed by atoms with van der Waals surface area (Å²) in [6.07, 6.45) is 6.06. The SMILES string of the molecule is CC.CNc1ccc(-c2ccnc(C)c2/C=C(\C)CN2CCN(c3ccc(C(=O)N(C)C)cc3C)CC2)cn1. The van der Waals surface area contributed by atoms with E-state index >= 15 is 0 Å². The van der Waals surface area contributed by atoms with Crippen LogP contribution in [0.2, 0.25) is 0 Å². The number of hydrogen-bond donors (Lipinski definition) is 1. The second kappa shape index (κ2) is 13.9. The topological polar surface area (TPSA) is 64.6 Å². The maximum Gasteiger partial charge on any atom is 0.253 e. The maximum atomic E-state index is 12.3. The Bertz CT molecular complexity index is 1270. The van der Waals surface area contributed by atoms with Gasteiger partial charge in [0.1, 0.15) is 5.82 Å². The van der Waals surface area contributed by atoms with Crippen LogP contribution in [0, 0.1) is 13.8 Å². The molecule has 0 unspecified atom stereocenters. The number of carbonyl (C=O) groups excluding carboxylic acids is 1. The van der Waals surface area contributed by atoms with Gasteiger partial charge in [0.25, 0.3) is 5.91 Å². The Balaban J connectivity index is 0.00000205. The zero-order valence-corrected chi connectivity index (χ0v) is 24.9. The number of carbonyl (C=O) groups is 1. The molecule has 1 aliphatic rings. The molecule has 39 heavy (non-hydrogen) atoms. The fraction of sp³-hybridized carbons (Fsp3) is 0.406. The minimum absolute atomic E-state index is 0.0417. The Morgan fingerprint density at radius 3 is 2.33 bits per heavy atom. The molecule has 0 radical (unpaired) electrons. The monoisotopic (exact) mass is 528 g/mol. The summed E-state index contributed by atoms with van der Waals surface area (Å²) in [5, 5.41) is 3.08. The van der Waals surface area contributed by atoms with Gasteiger partial charge in [-0.1, -0.05) is 25.5 Å². The molecule has 1 N–H and O–H groups in total. The molecule has 1 fully saturated rings. The first-order valence-electron chi connectivity index (χ1n) is 13.8. The summed E-state index contributed by atoms with van der Waals surface area (Å²) in [5.41, 5.74) is 8.83. The lowest BCUT2D eigenvalue weighted by Crippen LogP contribution is -2.47. The number of nitrogens with one attached hydrogen (secondary N) is 1. The molecule has 1 aliphatic heterocycles. The van der Waals surface area contributed by atoms with Crippen molar-refractivity contribution in [3.8, 4) is 11.1 Å². The van der Waals surface area contributed by atoms with Gasteiger partial charge in [-0.15, -0.1) is 0 Å². The molecule has 0 atom stereocenters. The molecule has 2 aromatic heterocycles. The standard InChI is InChI=1S/C30H38N6O.C2H6/c1-21(17-27-23(3)32-12-11-26(27)25-8-10-29(31-4)33-19-25)20-35-13-15-36(16-14-35)28-9-7-24(18-22(28)2)30(37)34(5)6;1-2/h7-12,17-19H,13-16,20H2,1-6H3,(H,31,33);1-2H3/b21-17+;. The van der Waals surface area contributed by atoms with Gasteiger partial charge in [0.05, 0.1) is 0 Å². The molecule has 7 heteroatoms. The van der Waals surface area contributed by atoms with E-state index in [-0.39, 0.29) is 5.91 Å². The summed E-state index contributed by atoms with van der Waals surface area (Å²) < 4.78 is 0. The Morgan fingerprint density at radius 1 is 1.03 bits per heavy atom. The van der Waals surface area contributed by atoms with Gasteiger partial charge in [-0.25, -0.2) is 4.98 Å². The fourth-order valence-corrected chi connectivity index (χ4v) is 4.91. The van der Waals surface area contributed by atoms with E-state index in [9.17, 15) is 4.79 Å². The first kappa shape index (κ1) is 29.8. The second-order valence-electron chi connectivity index (χ2n) is 9.99. The average molecular weight is 529 g/mol. The smallest absolute Gasteiger partial charge is 0.253 e. The number of piperazine rings is 1. The fourth-order valence-electron chi connectivity index (χ4n) is 4.91. The molecule has 4 rings (SSSR count). The maximum absolute atomic E-state index is 12.3. The average Bonchev–Trinajstić information content (AvgIpc) is 2.95. The molecule has 0 saturated carbocycles. The lowest BCUT2D eigenvalue weighted by molar-refractivity contribution is 0.0827. The lowest BCUT2D eigenvalue weighted by Gasteiger charge is -2.37. The Kier molecular flexibility index (Phi) is 10.6. The number of nitrogens with zero attached hydrogens (tertiary/aromatic N) is 5. The predicted molar refractivity (Wildman–Crippen MR) is 165 cm³/mol. The van der Waals surface area contributed by atoms with Gasteiger partial charge in [-0.2, -0.15) is 0 Å². The third-order valence-corrected chi connectivity index (χ3v) is 6.95. The third-order valence-electron chi connectivity index (χ3n) is 6.95. The number of anilines is 2. The van der Waals surface area contributed by atoms with Gasteiger partial charge in [-0.05, 0) is 68.3 Å². The van der Waals surface area contributed by atoms with E-state index in [0.29, 0.717) is 0 Å². The van der Waals surface area contributed by atoms with E-state index in [0.717, 1.165) is 72.1 Å². The predicted octanol–water partition coefficient (Wildman–Crippen LogP) is 5.76. The van der Waals surface area contributed by atoms with E-state index in [1.54, 1.807) is 19.0 Å². The molecule has 7 nitrogen and oxygen atoms in total. The van der Waals surface area contributed by atoms with Crippen molar-refractivity contribution in [1.82, 2.24) is 19.8 Å². The van der Waals surface area contributed by atoms with Crippen molar-refractivity contribution < 1.29 is 4.79 Å². The van der Waals surface area contributed by atoms with Gasteiger partial charge in [0.15, 0.2) is 0 Å². The van der Waals surface area contributed by atoms with Crippen molar-refractivity contribution in [2.75, 3.05) is 64.1 Å². The number of aryl methyl sites for hydroxylation is 2. The third kappa shape index (κ3) is 7.45. The molecule has 1 aromatic carbocycles. The van der Waals surface area contributed by atoms with E-state index in [1.807, 2.05) is 51.5 Å². The van der Waals surface area contributed by atoms with Gasteiger partial charge in [-0.3, -0.25) is 14.7 Å². The second-order valence-corrected chi connectivity index (χ2v) is 9.99. The normalized spacial score (nSPS) is 13.9. The highest BCUT2D eigenvalue weighted by Crippen LogP contribution is 2.28. The first-order valence-corrected chi connectivity index (χ1v) is 13.8. The van der Waals surface area contributed by atoms with Crippen molar-refractivity contribution in [3.63, 3.8) is 0 Å². The van der Waals surface area contributed by atoms with Crippen molar-refractivity contribution in [2.24, 2.45) is 0 Å². The quantitative estimate of drug-likeness (QED) is 0.421. The van der Waals surface area contributed by atoms with Crippen LogP contribution in [0.3, 0.4) is 0 Å². The highest BCUT2D eigenvalue weighted by Gasteiger charge is 2.20. The molecule has 3 heterocycles. The van der Waals surface area contributed by atoms with Crippen LogP contribution in [0.4, 0.5) is 11.5 Å². The van der Waals surface area contributed by atoms with Crippen LogP contribution < -0.4 is 10.2 Å². The molecule has 0 bridgehead atoms. The van der Waals surface area contributed by atoms with Gasteiger partial charge >= 0.3 is 0 Å². The van der Waals surface area contributed by atoms with Crippen LogP contribution in [0.25, 0.3) is 17.2 Å². The molecule has 1 saturated heterocycles. The Morgan fingerprint density at radius 2 is 1.74 bits per heavy atom. The summed E-state index contributed by atoms with van der Waals surface area (Å²) in [5.74, 6) is 0.898. The zero-order valence-electron chi connectivity index (χ0n) is 24.9. The Labute approximate surface area is 234 Å². The van der Waals surface area contributed by atoms with E-state index in [2.05, 4.69) is 70.1 Å². The van der Waals surface area contributed by atoms with E-state index < -0.39 is 0 Å². The minimum atomic E-state index is 0.0417. The summed E-state index contributed by atoms with van der Waals surface area (Å²) in [7, 11) is 5.45. The summed E-state index contributed by atoms with van der Waals surface area (Å²) in [6, 6.07) is 12.2. The van der Waals surface area contributed by atoms with Crippen molar-refractivity contribution >= 4 is 23.5 Å². The molecule has 208 valence electrons. The molecule has 1 amide bonds. The van der Waals surface area contributed by atoms with Crippen LogP contribution in [-0.2, 0) is 0 Å².